The fourth-order valence-corrected chi connectivity index (χ4v) is 5.36. The van der Waals surface area contributed by atoms with E-state index in [2.05, 4.69) is 24.1 Å². The van der Waals surface area contributed by atoms with Crippen molar-refractivity contribution in [3.8, 4) is 0 Å². The van der Waals surface area contributed by atoms with Crippen molar-refractivity contribution in [2.75, 3.05) is 19.6 Å². The molecule has 122 valence electrons. The molecule has 0 aromatic rings. The van der Waals surface area contributed by atoms with Gasteiger partial charge in [-0.05, 0) is 69.4 Å². The van der Waals surface area contributed by atoms with Crippen LogP contribution in [0.15, 0.2) is 0 Å². The summed E-state index contributed by atoms with van der Waals surface area (Å²) in [4.78, 5) is 2.88. The molecule has 3 aliphatic rings. The molecule has 0 aromatic heterocycles. The molecule has 1 saturated heterocycles. The maximum absolute atomic E-state index is 3.90. The van der Waals surface area contributed by atoms with Gasteiger partial charge in [0.05, 0.1) is 0 Å². The third kappa shape index (κ3) is 4.22. The van der Waals surface area contributed by atoms with E-state index < -0.39 is 0 Å². The minimum Gasteiger partial charge on any atom is -0.312 e. The molecule has 3 unspecified atom stereocenters. The molecular formula is C19H36N2. The first-order valence-electron chi connectivity index (χ1n) is 9.70. The molecule has 0 bridgehead atoms. The summed E-state index contributed by atoms with van der Waals surface area (Å²) in [5.41, 5.74) is 0. The van der Waals surface area contributed by atoms with Crippen molar-refractivity contribution in [1.29, 1.82) is 0 Å². The van der Waals surface area contributed by atoms with Crippen molar-refractivity contribution in [1.82, 2.24) is 10.2 Å². The first-order chi connectivity index (χ1) is 10.2. The van der Waals surface area contributed by atoms with Crippen molar-refractivity contribution in [2.24, 2.45) is 17.8 Å². The van der Waals surface area contributed by atoms with E-state index in [9.17, 15) is 0 Å². The van der Waals surface area contributed by atoms with E-state index >= 15 is 0 Å². The summed E-state index contributed by atoms with van der Waals surface area (Å²) in [6, 6.07) is 1.65. The van der Waals surface area contributed by atoms with Crippen molar-refractivity contribution in [2.45, 2.75) is 83.7 Å². The molecule has 1 heterocycles. The molecule has 0 radical (unpaired) electrons. The largest absolute Gasteiger partial charge is 0.312 e. The van der Waals surface area contributed by atoms with Crippen LogP contribution >= 0.6 is 0 Å². The summed E-state index contributed by atoms with van der Waals surface area (Å²) in [6.07, 6.45) is 13.1. The average Bonchev–Trinajstić information content (AvgIpc) is 2.73. The molecule has 3 atom stereocenters. The van der Waals surface area contributed by atoms with E-state index in [1.807, 2.05) is 0 Å². The van der Waals surface area contributed by atoms with Crippen LogP contribution in [0.5, 0.6) is 0 Å². The standard InChI is InChI=1S/C19H36N2/c1-15-11-16(2)13-18(12-15)21-10-6-9-20-19(14-21)17-7-4-3-5-8-17/h15-20H,3-14H2,1-2H3. The summed E-state index contributed by atoms with van der Waals surface area (Å²) in [5, 5.41) is 3.90. The normalized spacial score (nSPS) is 40.9. The molecule has 2 saturated carbocycles. The van der Waals surface area contributed by atoms with Crippen LogP contribution in [0.3, 0.4) is 0 Å². The fourth-order valence-electron chi connectivity index (χ4n) is 5.36. The molecule has 2 aliphatic carbocycles. The highest BCUT2D eigenvalue weighted by Crippen LogP contribution is 2.33. The fraction of sp³-hybridized carbons (Fsp3) is 1.00. The Labute approximate surface area is 132 Å². The summed E-state index contributed by atoms with van der Waals surface area (Å²) in [7, 11) is 0. The summed E-state index contributed by atoms with van der Waals surface area (Å²) in [6.45, 7) is 8.85. The van der Waals surface area contributed by atoms with E-state index in [1.54, 1.807) is 0 Å². The molecular weight excluding hydrogens is 256 g/mol. The summed E-state index contributed by atoms with van der Waals surface area (Å²) in [5.74, 6) is 2.82. The minimum absolute atomic E-state index is 0.778. The number of nitrogens with zero attached hydrogens (tertiary/aromatic N) is 1. The minimum atomic E-state index is 0.778. The molecule has 2 nitrogen and oxygen atoms in total. The van der Waals surface area contributed by atoms with E-state index in [-0.39, 0.29) is 0 Å². The van der Waals surface area contributed by atoms with Gasteiger partial charge >= 0.3 is 0 Å². The van der Waals surface area contributed by atoms with Crippen molar-refractivity contribution in [3.05, 3.63) is 0 Å². The van der Waals surface area contributed by atoms with E-state index in [4.69, 9.17) is 0 Å². The maximum atomic E-state index is 3.90. The lowest BCUT2D eigenvalue weighted by Gasteiger charge is -2.41. The molecule has 21 heavy (non-hydrogen) atoms. The number of rotatable bonds is 2. The van der Waals surface area contributed by atoms with Gasteiger partial charge in [-0.1, -0.05) is 33.1 Å². The Hall–Kier alpha value is -0.0800. The van der Waals surface area contributed by atoms with Gasteiger partial charge in [0.2, 0.25) is 0 Å². The Morgan fingerprint density at radius 1 is 0.857 bits per heavy atom. The number of hydrogen-bond donors (Lipinski definition) is 1. The van der Waals surface area contributed by atoms with Crippen LogP contribution in [0.2, 0.25) is 0 Å². The van der Waals surface area contributed by atoms with Crippen molar-refractivity contribution < 1.29 is 0 Å². The van der Waals surface area contributed by atoms with E-state index in [0.29, 0.717) is 0 Å². The zero-order valence-corrected chi connectivity index (χ0v) is 14.3. The van der Waals surface area contributed by atoms with Gasteiger partial charge in [0.15, 0.2) is 0 Å². The molecule has 1 aliphatic heterocycles. The van der Waals surface area contributed by atoms with Crippen LogP contribution < -0.4 is 5.32 Å². The molecule has 2 heteroatoms. The van der Waals surface area contributed by atoms with Gasteiger partial charge in [-0.2, -0.15) is 0 Å². The van der Waals surface area contributed by atoms with E-state index in [1.165, 1.54) is 77.4 Å². The topological polar surface area (TPSA) is 15.3 Å². The lowest BCUT2D eigenvalue weighted by molar-refractivity contribution is 0.0968. The monoisotopic (exact) mass is 292 g/mol. The molecule has 0 spiro atoms. The highest BCUT2D eigenvalue weighted by atomic mass is 15.2. The number of hydrogen-bond acceptors (Lipinski definition) is 2. The Morgan fingerprint density at radius 2 is 1.57 bits per heavy atom. The third-order valence-corrected chi connectivity index (χ3v) is 6.35. The SMILES string of the molecule is CC1CC(C)CC(N2CCCNC(C3CCCCC3)C2)C1. The second-order valence-corrected chi connectivity index (χ2v) is 8.38. The predicted octanol–water partition coefficient (Wildman–Crippen LogP) is 4.06. The highest BCUT2D eigenvalue weighted by Gasteiger charge is 2.33. The summed E-state index contributed by atoms with van der Waals surface area (Å²) >= 11 is 0. The zero-order valence-electron chi connectivity index (χ0n) is 14.3. The Morgan fingerprint density at radius 3 is 2.29 bits per heavy atom. The summed E-state index contributed by atoms with van der Waals surface area (Å²) < 4.78 is 0. The predicted molar refractivity (Wildman–Crippen MR) is 90.5 cm³/mol. The lowest BCUT2D eigenvalue weighted by Crippen LogP contribution is -2.48. The average molecular weight is 293 g/mol. The molecule has 0 aromatic carbocycles. The Kier molecular flexibility index (Phi) is 5.61. The van der Waals surface area contributed by atoms with Gasteiger partial charge in [0, 0.05) is 18.6 Å². The van der Waals surface area contributed by atoms with Crippen LogP contribution in [-0.4, -0.2) is 36.6 Å². The zero-order chi connectivity index (χ0) is 14.7. The maximum Gasteiger partial charge on any atom is 0.0223 e. The Balaban J connectivity index is 1.61. The molecule has 0 amide bonds. The van der Waals surface area contributed by atoms with Crippen molar-refractivity contribution >= 4 is 0 Å². The highest BCUT2D eigenvalue weighted by molar-refractivity contribution is 4.89. The van der Waals surface area contributed by atoms with Crippen LogP contribution in [0, 0.1) is 17.8 Å². The van der Waals surface area contributed by atoms with Gasteiger partial charge in [-0.15, -0.1) is 0 Å². The third-order valence-electron chi connectivity index (χ3n) is 6.35. The van der Waals surface area contributed by atoms with Crippen LogP contribution in [-0.2, 0) is 0 Å². The van der Waals surface area contributed by atoms with Crippen LogP contribution in [0.1, 0.15) is 71.6 Å². The van der Waals surface area contributed by atoms with Gasteiger partial charge in [0.25, 0.3) is 0 Å². The van der Waals surface area contributed by atoms with Gasteiger partial charge in [-0.25, -0.2) is 0 Å². The second-order valence-electron chi connectivity index (χ2n) is 8.38. The van der Waals surface area contributed by atoms with E-state index in [0.717, 1.165) is 29.8 Å². The number of nitrogens with one attached hydrogen (secondary N) is 1. The quantitative estimate of drug-likeness (QED) is 0.826. The van der Waals surface area contributed by atoms with Gasteiger partial charge < -0.3 is 5.32 Å². The lowest BCUT2D eigenvalue weighted by atomic mass is 9.79. The van der Waals surface area contributed by atoms with Crippen LogP contribution in [0.25, 0.3) is 0 Å². The molecule has 3 fully saturated rings. The Bertz CT molecular complexity index is 301. The first kappa shape index (κ1) is 15.8. The second kappa shape index (κ2) is 7.46. The van der Waals surface area contributed by atoms with Crippen molar-refractivity contribution in [3.63, 3.8) is 0 Å². The first-order valence-corrected chi connectivity index (χ1v) is 9.70. The van der Waals surface area contributed by atoms with Gasteiger partial charge in [-0.3, -0.25) is 4.90 Å². The van der Waals surface area contributed by atoms with Gasteiger partial charge in [0.1, 0.15) is 0 Å². The molecule has 1 N–H and O–H groups in total. The van der Waals surface area contributed by atoms with Crippen LogP contribution in [0.4, 0.5) is 0 Å². The molecule has 3 rings (SSSR count). The smallest absolute Gasteiger partial charge is 0.0223 e.